The van der Waals surface area contributed by atoms with Crippen LogP contribution in [-0.4, -0.2) is 44.2 Å². The van der Waals surface area contributed by atoms with Gasteiger partial charge in [-0.3, -0.25) is 0 Å². The number of rotatable bonds is 2. The van der Waals surface area contributed by atoms with Crippen molar-refractivity contribution in [2.45, 2.75) is 18.7 Å². The highest BCUT2D eigenvalue weighted by Crippen LogP contribution is 2.16. The molecular formula is C6H12F2N2O2S. The molecule has 7 heteroatoms. The van der Waals surface area contributed by atoms with E-state index in [-0.39, 0.29) is 6.54 Å². The van der Waals surface area contributed by atoms with Gasteiger partial charge in [0.2, 0.25) is 0 Å². The van der Waals surface area contributed by atoms with E-state index >= 15 is 0 Å². The van der Waals surface area contributed by atoms with Crippen LogP contribution in [0.4, 0.5) is 8.78 Å². The van der Waals surface area contributed by atoms with Crippen LogP contribution in [0.25, 0.3) is 0 Å². The van der Waals surface area contributed by atoms with Crippen LogP contribution in [0.3, 0.4) is 0 Å². The van der Waals surface area contributed by atoms with E-state index in [1.165, 1.54) is 0 Å². The Morgan fingerprint density at radius 2 is 2.15 bits per heavy atom. The molecule has 0 radical (unpaired) electrons. The van der Waals surface area contributed by atoms with Gasteiger partial charge in [-0.15, -0.1) is 0 Å². The monoisotopic (exact) mass is 214 g/mol. The summed E-state index contributed by atoms with van der Waals surface area (Å²) in [6.07, 6.45) is 0. The summed E-state index contributed by atoms with van der Waals surface area (Å²) in [6.45, 7) is 2.57. The van der Waals surface area contributed by atoms with Crippen molar-refractivity contribution in [2.75, 3.05) is 19.6 Å². The third-order valence-corrected chi connectivity index (χ3v) is 3.64. The lowest BCUT2D eigenvalue weighted by atomic mass is 10.3. The largest absolute Gasteiger partial charge is 0.350 e. The molecule has 0 aromatic heterocycles. The fraction of sp³-hybridized carbons (Fsp3) is 1.00. The number of nitrogens with zero attached hydrogens (tertiary/aromatic N) is 1. The fourth-order valence-corrected chi connectivity index (χ4v) is 2.43. The summed E-state index contributed by atoms with van der Waals surface area (Å²) < 4.78 is 47.2. The van der Waals surface area contributed by atoms with Crippen molar-refractivity contribution >= 4 is 10.0 Å². The first kappa shape index (κ1) is 10.8. The quantitative estimate of drug-likeness (QED) is 0.694. The van der Waals surface area contributed by atoms with E-state index in [0.717, 1.165) is 4.31 Å². The predicted octanol–water partition coefficient (Wildman–Crippen LogP) is -0.167. The maximum absolute atomic E-state index is 12.1. The zero-order valence-electron chi connectivity index (χ0n) is 7.20. The van der Waals surface area contributed by atoms with Gasteiger partial charge >= 0.3 is 5.76 Å². The minimum atomic E-state index is -4.39. The molecule has 0 aromatic carbocycles. The third kappa shape index (κ3) is 2.15. The second kappa shape index (κ2) is 3.85. The molecule has 1 heterocycles. The Hall–Kier alpha value is -0.270. The molecule has 0 spiro atoms. The SMILES string of the molecule is C[C@@H]1CNCCN1S(=O)(=O)C(F)F. The first-order chi connectivity index (χ1) is 5.96. The Balaban J connectivity index is 2.80. The predicted molar refractivity (Wildman–Crippen MR) is 44.0 cm³/mol. The van der Waals surface area contributed by atoms with E-state index in [0.29, 0.717) is 13.1 Å². The van der Waals surface area contributed by atoms with Crippen LogP contribution in [-0.2, 0) is 10.0 Å². The van der Waals surface area contributed by atoms with Crippen LogP contribution in [0, 0.1) is 0 Å². The van der Waals surface area contributed by atoms with Crippen molar-refractivity contribution in [1.82, 2.24) is 9.62 Å². The highest BCUT2D eigenvalue weighted by atomic mass is 32.2. The lowest BCUT2D eigenvalue weighted by Gasteiger charge is -2.32. The van der Waals surface area contributed by atoms with Crippen molar-refractivity contribution in [1.29, 1.82) is 0 Å². The Bertz CT molecular complexity index is 268. The summed E-state index contributed by atoms with van der Waals surface area (Å²) >= 11 is 0. The molecule has 0 saturated carbocycles. The first-order valence-electron chi connectivity index (χ1n) is 3.96. The van der Waals surface area contributed by atoms with Crippen molar-refractivity contribution < 1.29 is 17.2 Å². The number of halogens is 2. The zero-order valence-corrected chi connectivity index (χ0v) is 8.02. The van der Waals surface area contributed by atoms with Crippen LogP contribution < -0.4 is 5.32 Å². The average Bonchev–Trinajstić information content (AvgIpc) is 2.04. The molecule has 0 unspecified atom stereocenters. The van der Waals surface area contributed by atoms with Crippen LogP contribution in [0.15, 0.2) is 0 Å². The third-order valence-electron chi connectivity index (χ3n) is 1.99. The van der Waals surface area contributed by atoms with Gasteiger partial charge in [-0.25, -0.2) is 8.42 Å². The van der Waals surface area contributed by atoms with Gasteiger partial charge in [-0.2, -0.15) is 13.1 Å². The molecular weight excluding hydrogens is 202 g/mol. The van der Waals surface area contributed by atoms with Crippen LogP contribution in [0.2, 0.25) is 0 Å². The maximum Gasteiger partial charge on any atom is 0.350 e. The number of sulfonamides is 1. The summed E-state index contributed by atoms with van der Waals surface area (Å²) in [7, 11) is -4.39. The summed E-state index contributed by atoms with van der Waals surface area (Å²) in [5, 5.41) is 2.92. The minimum Gasteiger partial charge on any atom is -0.314 e. The molecule has 0 aromatic rings. The smallest absolute Gasteiger partial charge is 0.314 e. The molecule has 0 aliphatic carbocycles. The number of alkyl halides is 2. The molecule has 1 N–H and O–H groups in total. The molecule has 1 atom stereocenters. The Kier molecular flexibility index (Phi) is 3.20. The highest BCUT2D eigenvalue weighted by molar-refractivity contribution is 7.89. The summed E-state index contributed by atoms with van der Waals surface area (Å²) in [5.74, 6) is -3.31. The molecule has 1 aliphatic rings. The summed E-state index contributed by atoms with van der Waals surface area (Å²) in [4.78, 5) is 0. The second-order valence-electron chi connectivity index (χ2n) is 2.97. The van der Waals surface area contributed by atoms with Gasteiger partial charge in [-0.1, -0.05) is 0 Å². The second-order valence-corrected chi connectivity index (χ2v) is 4.82. The van der Waals surface area contributed by atoms with Crippen molar-refractivity contribution in [3.05, 3.63) is 0 Å². The average molecular weight is 214 g/mol. The molecule has 1 fully saturated rings. The number of hydrogen-bond donors (Lipinski definition) is 1. The standard InChI is InChI=1S/C6H12F2N2O2S/c1-5-4-9-2-3-10(5)13(11,12)6(7)8/h5-6,9H,2-4H2,1H3/t5-/m1/s1. The molecule has 1 aliphatic heterocycles. The van der Waals surface area contributed by atoms with Crippen molar-refractivity contribution in [3.8, 4) is 0 Å². The zero-order chi connectivity index (χ0) is 10.1. The first-order valence-corrected chi connectivity index (χ1v) is 5.46. The topological polar surface area (TPSA) is 49.4 Å². The van der Waals surface area contributed by atoms with Gasteiger partial charge in [-0.05, 0) is 6.92 Å². The minimum absolute atomic E-state index is 0.119. The molecule has 0 amide bonds. The molecule has 1 rings (SSSR count). The number of piperazine rings is 1. The van der Waals surface area contributed by atoms with Gasteiger partial charge in [0.1, 0.15) is 0 Å². The lowest BCUT2D eigenvalue weighted by Crippen LogP contribution is -2.53. The molecule has 13 heavy (non-hydrogen) atoms. The Morgan fingerprint density at radius 3 is 2.62 bits per heavy atom. The molecule has 0 bridgehead atoms. The van der Waals surface area contributed by atoms with Gasteiger partial charge in [0.15, 0.2) is 0 Å². The van der Waals surface area contributed by atoms with Gasteiger partial charge < -0.3 is 5.32 Å². The molecule has 1 saturated heterocycles. The van der Waals surface area contributed by atoms with E-state index < -0.39 is 21.8 Å². The Labute approximate surface area is 76.0 Å². The fourth-order valence-electron chi connectivity index (χ4n) is 1.30. The number of nitrogens with one attached hydrogen (secondary N) is 1. The molecule has 4 nitrogen and oxygen atoms in total. The van der Waals surface area contributed by atoms with E-state index in [2.05, 4.69) is 5.32 Å². The van der Waals surface area contributed by atoms with E-state index in [9.17, 15) is 17.2 Å². The lowest BCUT2D eigenvalue weighted by molar-refractivity contribution is 0.201. The highest BCUT2D eigenvalue weighted by Gasteiger charge is 2.36. The van der Waals surface area contributed by atoms with Crippen molar-refractivity contribution in [2.24, 2.45) is 0 Å². The van der Waals surface area contributed by atoms with Crippen LogP contribution in [0.5, 0.6) is 0 Å². The maximum atomic E-state index is 12.1. The van der Waals surface area contributed by atoms with E-state index in [4.69, 9.17) is 0 Å². The van der Waals surface area contributed by atoms with Crippen LogP contribution >= 0.6 is 0 Å². The molecule has 78 valence electrons. The number of hydrogen-bond acceptors (Lipinski definition) is 3. The van der Waals surface area contributed by atoms with Gasteiger partial charge in [0.25, 0.3) is 10.0 Å². The van der Waals surface area contributed by atoms with E-state index in [1.807, 2.05) is 0 Å². The summed E-state index contributed by atoms with van der Waals surface area (Å²) in [6, 6.07) is -0.396. The van der Waals surface area contributed by atoms with Crippen molar-refractivity contribution in [3.63, 3.8) is 0 Å². The Morgan fingerprint density at radius 1 is 1.54 bits per heavy atom. The van der Waals surface area contributed by atoms with Crippen LogP contribution in [0.1, 0.15) is 6.92 Å². The normalized spacial score (nSPS) is 26.6. The van der Waals surface area contributed by atoms with Gasteiger partial charge in [0, 0.05) is 25.7 Å². The van der Waals surface area contributed by atoms with E-state index in [1.54, 1.807) is 6.92 Å². The summed E-state index contributed by atoms with van der Waals surface area (Å²) in [5.41, 5.74) is 0. The van der Waals surface area contributed by atoms with Gasteiger partial charge in [0.05, 0.1) is 0 Å².